The number of alkyl halides is 2. The van der Waals surface area contributed by atoms with Crippen LogP contribution in [0.25, 0.3) is 0 Å². The van der Waals surface area contributed by atoms with Crippen molar-refractivity contribution < 1.29 is 27.8 Å². The Morgan fingerprint density at radius 1 is 1.07 bits per heavy atom. The first kappa shape index (κ1) is 20.5. The number of carbonyl (C=O) groups is 1. The zero-order chi connectivity index (χ0) is 19.8. The molecule has 0 aliphatic rings. The van der Waals surface area contributed by atoms with E-state index in [0.717, 1.165) is 11.3 Å². The van der Waals surface area contributed by atoms with E-state index < -0.39 is 12.5 Å². The van der Waals surface area contributed by atoms with Crippen molar-refractivity contribution in [3.05, 3.63) is 53.6 Å². The highest BCUT2D eigenvalue weighted by Gasteiger charge is 2.20. The number of benzene rings is 2. The molecule has 0 bridgehead atoms. The van der Waals surface area contributed by atoms with Gasteiger partial charge in [-0.2, -0.15) is 8.78 Å². The molecule has 2 rings (SSSR count). The standard InChI is InChI=1S/C20H23F2NO4/c1-13(2)26-15-9-7-14(8-10-15)11-12-23-19(24)16-5-4-6-17(25-3)18(16)27-20(21)22/h4-10,13,20H,11-12H2,1-3H3,(H,23,24). The summed E-state index contributed by atoms with van der Waals surface area (Å²) in [6.07, 6.45) is 0.686. The number of amides is 1. The molecular weight excluding hydrogens is 356 g/mol. The Morgan fingerprint density at radius 3 is 2.37 bits per heavy atom. The third-order valence-corrected chi connectivity index (χ3v) is 3.64. The first-order valence-corrected chi connectivity index (χ1v) is 8.56. The predicted molar refractivity (Wildman–Crippen MR) is 97.9 cm³/mol. The molecule has 0 spiro atoms. The summed E-state index contributed by atoms with van der Waals surface area (Å²) in [4.78, 5) is 12.4. The Hall–Kier alpha value is -2.83. The molecule has 0 aliphatic heterocycles. The van der Waals surface area contributed by atoms with Crippen molar-refractivity contribution in [3.8, 4) is 17.2 Å². The van der Waals surface area contributed by atoms with Crippen LogP contribution in [-0.2, 0) is 6.42 Å². The molecule has 27 heavy (non-hydrogen) atoms. The second-order valence-electron chi connectivity index (χ2n) is 6.03. The minimum absolute atomic E-state index is 0.00432. The van der Waals surface area contributed by atoms with Crippen LogP contribution in [-0.4, -0.2) is 32.3 Å². The van der Waals surface area contributed by atoms with E-state index >= 15 is 0 Å². The van der Waals surface area contributed by atoms with Crippen molar-refractivity contribution >= 4 is 5.91 Å². The Labute approximate surface area is 157 Å². The quantitative estimate of drug-likeness (QED) is 0.714. The highest BCUT2D eigenvalue weighted by molar-refractivity contribution is 5.97. The van der Waals surface area contributed by atoms with Gasteiger partial charge in [0.1, 0.15) is 5.75 Å². The lowest BCUT2D eigenvalue weighted by molar-refractivity contribution is -0.0515. The van der Waals surface area contributed by atoms with Gasteiger partial charge in [-0.05, 0) is 50.1 Å². The lowest BCUT2D eigenvalue weighted by atomic mass is 10.1. The molecule has 0 saturated carbocycles. The third-order valence-electron chi connectivity index (χ3n) is 3.64. The highest BCUT2D eigenvalue weighted by Crippen LogP contribution is 2.32. The van der Waals surface area contributed by atoms with Crippen LogP contribution in [0.4, 0.5) is 8.78 Å². The van der Waals surface area contributed by atoms with Gasteiger partial charge in [0.25, 0.3) is 5.91 Å². The number of nitrogens with one attached hydrogen (secondary N) is 1. The molecule has 0 fully saturated rings. The topological polar surface area (TPSA) is 56.8 Å². The van der Waals surface area contributed by atoms with E-state index in [1.165, 1.54) is 19.2 Å². The second-order valence-corrected chi connectivity index (χ2v) is 6.03. The van der Waals surface area contributed by atoms with E-state index in [4.69, 9.17) is 9.47 Å². The largest absolute Gasteiger partial charge is 0.493 e. The molecule has 0 unspecified atom stereocenters. The number of para-hydroxylation sites is 1. The minimum atomic E-state index is -3.06. The first-order valence-electron chi connectivity index (χ1n) is 8.56. The summed E-state index contributed by atoms with van der Waals surface area (Å²) in [6, 6.07) is 12.0. The number of hydrogen-bond acceptors (Lipinski definition) is 4. The van der Waals surface area contributed by atoms with Crippen molar-refractivity contribution in [2.45, 2.75) is 33.0 Å². The number of hydrogen-bond donors (Lipinski definition) is 1. The molecule has 0 saturated heterocycles. The minimum Gasteiger partial charge on any atom is -0.493 e. The Kier molecular flexibility index (Phi) is 7.40. The number of rotatable bonds is 9. The molecule has 2 aromatic rings. The van der Waals surface area contributed by atoms with Gasteiger partial charge in [-0.1, -0.05) is 18.2 Å². The maximum absolute atomic E-state index is 12.6. The summed E-state index contributed by atoms with van der Waals surface area (Å²) in [6.45, 7) is 1.19. The Balaban J connectivity index is 1.97. The lowest BCUT2D eigenvalue weighted by Crippen LogP contribution is -2.26. The number of halogens is 2. The molecule has 146 valence electrons. The van der Waals surface area contributed by atoms with Gasteiger partial charge in [0, 0.05) is 6.54 Å². The van der Waals surface area contributed by atoms with Crippen LogP contribution >= 0.6 is 0 Å². The number of methoxy groups -OCH3 is 1. The van der Waals surface area contributed by atoms with Gasteiger partial charge < -0.3 is 19.5 Å². The van der Waals surface area contributed by atoms with Crippen LogP contribution in [0.15, 0.2) is 42.5 Å². The van der Waals surface area contributed by atoms with E-state index in [1.54, 1.807) is 6.07 Å². The average Bonchev–Trinajstić information content (AvgIpc) is 2.62. The molecule has 7 heteroatoms. The smallest absolute Gasteiger partial charge is 0.387 e. The van der Waals surface area contributed by atoms with Gasteiger partial charge in [-0.3, -0.25) is 4.79 Å². The van der Waals surface area contributed by atoms with Gasteiger partial charge in [0.2, 0.25) is 0 Å². The van der Waals surface area contributed by atoms with Crippen molar-refractivity contribution in [2.75, 3.05) is 13.7 Å². The molecule has 1 amide bonds. The van der Waals surface area contributed by atoms with Gasteiger partial charge in [-0.25, -0.2) is 0 Å². The van der Waals surface area contributed by atoms with Crippen LogP contribution in [0.1, 0.15) is 29.8 Å². The zero-order valence-corrected chi connectivity index (χ0v) is 15.5. The van der Waals surface area contributed by atoms with Crippen molar-refractivity contribution in [2.24, 2.45) is 0 Å². The van der Waals surface area contributed by atoms with E-state index in [9.17, 15) is 13.6 Å². The molecule has 0 radical (unpaired) electrons. The van der Waals surface area contributed by atoms with Crippen LogP contribution in [0.5, 0.6) is 17.2 Å². The number of carbonyl (C=O) groups excluding carboxylic acids is 1. The fraction of sp³-hybridized carbons (Fsp3) is 0.350. The summed E-state index contributed by atoms with van der Waals surface area (Å²) < 4.78 is 40.3. The Bertz CT molecular complexity index is 748. The maximum atomic E-state index is 12.6. The summed E-state index contributed by atoms with van der Waals surface area (Å²) >= 11 is 0. The third kappa shape index (κ3) is 6.13. The van der Waals surface area contributed by atoms with Crippen LogP contribution < -0.4 is 19.5 Å². The average molecular weight is 379 g/mol. The van der Waals surface area contributed by atoms with Crippen LogP contribution in [0.2, 0.25) is 0 Å². The summed E-state index contributed by atoms with van der Waals surface area (Å²) in [5, 5.41) is 2.71. The van der Waals surface area contributed by atoms with Crippen molar-refractivity contribution in [3.63, 3.8) is 0 Å². The second kappa shape index (κ2) is 9.75. The maximum Gasteiger partial charge on any atom is 0.387 e. The monoisotopic (exact) mass is 379 g/mol. The molecule has 0 atom stereocenters. The number of ether oxygens (including phenoxy) is 3. The van der Waals surface area contributed by atoms with Gasteiger partial charge in [0.15, 0.2) is 11.5 Å². The molecule has 5 nitrogen and oxygen atoms in total. The Morgan fingerprint density at radius 2 is 1.78 bits per heavy atom. The highest BCUT2D eigenvalue weighted by atomic mass is 19.3. The van der Waals surface area contributed by atoms with E-state index in [0.29, 0.717) is 13.0 Å². The van der Waals surface area contributed by atoms with Crippen LogP contribution in [0, 0.1) is 0 Å². The van der Waals surface area contributed by atoms with Gasteiger partial charge in [0.05, 0.1) is 18.8 Å². The van der Waals surface area contributed by atoms with E-state index in [1.807, 2.05) is 38.1 Å². The molecule has 2 aromatic carbocycles. The molecular formula is C20H23F2NO4. The molecule has 0 aromatic heterocycles. The first-order chi connectivity index (χ1) is 12.9. The summed E-state index contributed by atoms with van der Waals surface area (Å²) in [7, 11) is 1.32. The molecule has 1 N–H and O–H groups in total. The molecule has 0 heterocycles. The normalized spacial score (nSPS) is 10.8. The van der Waals surface area contributed by atoms with E-state index in [2.05, 4.69) is 10.1 Å². The summed E-state index contributed by atoms with van der Waals surface area (Å²) in [5.41, 5.74) is 1.01. The summed E-state index contributed by atoms with van der Waals surface area (Å²) in [5.74, 6) is 0.0682. The van der Waals surface area contributed by atoms with Crippen molar-refractivity contribution in [1.29, 1.82) is 0 Å². The van der Waals surface area contributed by atoms with Crippen LogP contribution in [0.3, 0.4) is 0 Å². The SMILES string of the molecule is COc1cccc(C(=O)NCCc2ccc(OC(C)C)cc2)c1OC(F)F. The molecule has 0 aliphatic carbocycles. The van der Waals surface area contributed by atoms with E-state index in [-0.39, 0.29) is 23.2 Å². The van der Waals surface area contributed by atoms with Gasteiger partial charge >= 0.3 is 6.61 Å². The lowest BCUT2D eigenvalue weighted by Gasteiger charge is -2.14. The fourth-order valence-corrected chi connectivity index (χ4v) is 2.49. The zero-order valence-electron chi connectivity index (χ0n) is 15.5. The predicted octanol–water partition coefficient (Wildman–Crippen LogP) is 4.06. The van der Waals surface area contributed by atoms with Gasteiger partial charge in [-0.15, -0.1) is 0 Å². The fourth-order valence-electron chi connectivity index (χ4n) is 2.49. The van der Waals surface area contributed by atoms with Crippen molar-refractivity contribution in [1.82, 2.24) is 5.32 Å².